The first-order valence-corrected chi connectivity index (χ1v) is 8.32. The molecule has 104 valence electrons. The summed E-state index contributed by atoms with van der Waals surface area (Å²) >= 11 is 6.77. The molecular weight excluding hydrogens is 376 g/mol. The molecule has 1 aliphatic carbocycles. The van der Waals surface area contributed by atoms with E-state index in [-0.39, 0.29) is 0 Å². The molecule has 0 nitrogen and oxygen atoms in total. The average Bonchev–Trinajstić information content (AvgIpc) is 3.18. The SMILES string of the molecule is C=Cc1ccc(Br)cc1.C[C@H]1CC1c1ccc(Br)cc1. The van der Waals surface area contributed by atoms with E-state index in [1.807, 2.05) is 30.3 Å². The highest BCUT2D eigenvalue weighted by molar-refractivity contribution is 9.10. The van der Waals surface area contributed by atoms with Crippen molar-refractivity contribution in [1.29, 1.82) is 0 Å². The van der Waals surface area contributed by atoms with E-state index in [1.54, 1.807) is 0 Å². The van der Waals surface area contributed by atoms with E-state index in [1.165, 1.54) is 16.5 Å². The molecule has 0 bridgehead atoms. The molecule has 1 fully saturated rings. The second kappa shape index (κ2) is 7.24. The Morgan fingerprint density at radius 2 is 1.40 bits per heavy atom. The van der Waals surface area contributed by atoms with Crippen molar-refractivity contribution in [3.8, 4) is 0 Å². The van der Waals surface area contributed by atoms with Crippen LogP contribution in [0.1, 0.15) is 30.4 Å². The van der Waals surface area contributed by atoms with Crippen molar-refractivity contribution >= 4 is 37.9 Å². The third-order valence-electron chi connectivity index (χ3n) is 3.51. The predicted molar refractivity (Wildman–Crippen MR) is 94.9 cm³/mol. The van der Waals surface area contributed by atoms with Gasteiger partial charge in [-0.2, -0.15) is 0 Å². The van der Waals surface area contributed by atoms with Gasteiger partial charge in [0, 0.05) is 8.95 Å². The van der Waals surface area contributed by atoms with E-state index in [2.05, 4.69) is 69.6 Å². The Morgan fingerprint density at radius 1 is 0.950 bits per heavy atom. The molecule has 0 heterocycles. The van der Waals surface area contributed by atoms with E-state index in [9.17, 15) is 0 Å². The van der Waals surface area contributed by atoms with Crippen molar-refractivity contribution in [2.24, 2.45) is 5.92 Å². The fourth-order valence-electron chi connectivity index (χ4n) is 2.10. The van der Waals surface area contributed by atoms with Crippen LogP contribution in [0.4, 0.5) is 0 Å². The Morgan fingerprint density at radius 3 is 1.80 bits per heavy atom. The van der Waals surface area contributed by atoms with Gasteiger partial charge < -0.3 is 0 Å². The summed E-state index contributed by atoms with van der Waals surface area (Å²) in [5, 5.41) is 0. The number of benzene rings is 2. The summed E-state index contributed by atoms with van der Waals surface area (Å²) in [6.07, 6.45) is 3.20. The van der Waals surface area contributed by atoms with Gasteiger partial charge in [-0.25, -0.2) is 0 Å². The van der Waals surface area contributed by atoms with Gasteiger partial charge in [0.1, 0.15) is 0 Å². The van der Waals surface area contributed by atoms with Crippen molar-refractivity contribution < 1.29 is 0 Å². The first-order chi connectivity index (χ1) is 9.60. The normalized spacial score (nSPS) is 19.8. The monoisotopic (exact) mass is 392 g/mol. The van der Waals surface area contributed by atoms with Crippen molar-refractivity contribution in [1.82, 2.24) is 0 Å². The van der Waals surface area contributed by atoms with Gasteiger partial charge in [0.25, 0.3) is 0 Å². The Balaban J connectivity index is 0.000000151. The van der Waals surface area contributed by atoms with E-state index in [0.717, 1.165) is 21.9 Å². The van der Waals surface area contributed by atoms with Gasteiger partial charge in [0.15, 0.2) is 0 Å². The van der Waals surface area contributed by atoms with Crippen LogP contribution in [0.2, 0.25) is 0 Å². The molecule has 1 unspecified atom stereocenters. The molecule has 2 aromatic carbocycles. The molecule has 2 heteroatoms. The van der Waals surface area contributed by atoms with Gasteiger partial charge in [-0.05, 0) is 53.6 Å². The minimum atomic E-state index is 0.850. The zero-order chi connectivity index (χ0) is 14.5. The third kappa shape index (κ3) is 4.60. The number of hydrogen-bond donors (Lipinski definition) is 0. The first-order valence-electron chi connectivity index (χ1n) is 6.73. The third-order valence-corrected chi connectivity index (χ3v) is 4.57. The smallest absolute Gasteiger partial charge is 0.0175 e. The molecule has 3 rings (SSSR count). The van der Waals surface area contributed by atoms with Crippen LogP contribution in [0, 0.1) is 5.92 Å². The van der Waals surface area contributed by atoms with Crippen molar-refractivity contribution in [2.45, 2.75) is 19.3 Å². The number of halogens is 2. The zero-order valence-electron chi connectivity index (χ0n) is 11.5. The van der Waals surface area contributed by atoms with E-state index < -0.39 is 0 Å². The average molecular weight is 394 g/mol. The van der Waals surface area contributed by atoms with Crippen LogP contribution in [0.25, 0.3) is 6.08 Å². The lowest BCUT2D eigenvalue weighted by Crippen LogP contribution is -1.78. The lowest BCUT2D eigenvalue weighted by Gasteiger charge is -1.97. The van der Waals surface area contributed by atoms with Gasteiger partial charge in [0.2, 0.25) is 0 Å². The summed E-state index contributed by atoms with van der Waals surface area (Å²) in [6.45, 7) is 5.96. The fourth-order valence-corrected chi connectivity index (χ4v) is 2.62. The number of rotatable bonds is 2. The summed E-state index contributed by atoms with van der Waals surface area (Å²) in [6, 6.07) is 16.7. The van der Waals surface area contributed by atoms with Crippen LogP contribution in [0.15, 0.2) is 64.1 Å². The maximum atomic E-state index is 3.65. The van der Waals surface area contributed by atoms with Gasteiger partial charge in [-0.3, -0.25) is 0 Å². The van der Waals surface area contributed by atoms with Crippen LogP contribution in [-0.2, 0) is 0 Å². The second-order valence-corrected chi connectivity index (χ2v) is 6.96. The maximum Gasteiger partial charge on any atom is 0.0175 e. The first kappa shape index (κ1) is 15.5. The Bertz CT molecular complexity index is 555. The largest absolute Gasteiger partial charge is 0.0985 e. The highest BCUT2D eigenvalue weighted by atomic mass is 79.9. The Labute approximate surface area is 138 Å². The van der Waals surface area contributed by atoms with Gasteiger partial charge in [-0.15, -0.1) is 0 Å². The standard InChI is InChI=1S/C10H11Br.C8H7Br/c1-7-6-10(7)8-2-4-9(11)5-3-8;1-2-7-3-5-8(9)6-4-7/h2-5,7,10H,6H2,1H3;2-6H,1H2/t7-,10?;/m0./s1. The predicted octanol–water partition coefficient (Wildman–Crippen LogP) is 6.66. The highest BCUT2D eigenvalue weighted by Crippen LogP contribution is 2.46. The summed E-state index contributed by atoms with van der Waals surface area (Å²) in [4.78, 5) is 0. The molecular formula is C18H18Br2. The molecule has 2 atom stereocenters. The van der Waals surface area contributed by atoms with E-state index in [0.29, 0.717) is 0 Å². The van der Waals surface area contributed by atoms with E-state index in [4.69, 9.17) is 0 Å². The molecule has 0 aliphatic heterocycles. The van der Waals surface area contributed by atoms with Crippen LogP contribution in [0.5, 0.6) is 0 Å². The van der Waals surface area contributed by atoms with Crippen molar-refractivity contribution in [3.05, 3.63) is 75.2 Å². The lowest BCUT2D eigenvalue weighted by molar-refractivity contribution is 0.914. The van der Waals surface area contributed by atoms with Crippen LogP contribution >= 0.6 is 31.9 Å². The van der Waals surface area contributed by atoms with Crippen molar-refractivity contribution in [3.63, 3.8) is 0 Å². The van der Waals surface area contributed by atoms with Crippen molar-refractivity contribution in [2.75, 3.05) is 0 Å². The number of hydrogen-bond acceptors (Lipinski definition) is 0. The zero-order valence-corrected chi connectivity index (χ0v) is 14.7. The fraction of sp³-hybridized carbons (Fsp3) is 0.222. The Kier molecular flexibility index (Phi) is 5.62. The second-order valence-electron chi connectivity index (χ2n) is 5.13. The van der Waals surface area contributed by atoms with E-state index >= 15 is 0 Å². The molecule has 0 spiro atoms. The lowest BCUT2D eigenvalue weighted by atomic mass is 10.1. The van der Waals surface area contributed by atoms with Crippen LogP contribution in [0.3, 0.4) is 0 Å². The van der Waals surface area contributed by atoms with Gasteiger partial charge in [0.05, 0.1) is 0 Å². The minimum absolute atomic E-state index is 0.850. The molecule has 1 aliphatic rings. The van der Waals surface area contributed by atoms with Gasteiger partial charge in [-0.1, -0.05) is 75.7 Å². The minimum Gasteiger partial charge on any atom is -0.0985 e. The van der Waals surface area contributed by atoms with Gasteiger partial charge >= 0.3 is 0 Å². The summed E-state index contributed by atoms with van der Waals surface area (Å²) in [5.74, 6) is 1.76. The summed E-state index contributed by atoms with van der Waals surface area (Å²) in [7, 11) is 0. The molecule has 2 aromatic rings. The molecule has 0 aromatic heterocycles. The Hall–Kier alpha value is -0.860. The quantitative estimate of drug-likeness (QED) is 0.534. The molecule has 0 saturated heterocycles. The highest BCUT2D eigenvalue weighted by Gasteiger charge is 2.33. The molecule has 1 saturated carbocycles. The molecule has 0 radical (unpaired) electrons. The summed E-state index contributed by atoms with van der Waals surface area (Å²) < 4.78 is 2.28. The molecule has 0 N–H and O–H groups in total. The molecule has 0 amide bonds. The molecule has 20 heavy (non-hydrogen) atoms. The van der Waals surface area contributed by atoms with Crippen LogP contribution < -0.4 is 0 Å². The maximum absolute atomic E-state index is 3.65. The summed E-state index contributed by atoms with van der Waals surface area (Å²) in [5.41, 5.74) is 2.65. The topological polar surface area (TPSA) is 0 Å². The van der Waals surface area contributed by atoms with Crippen LogP contribution in [-0.4, -0.2) is 0 Å².